The lowest BCUT2D eigenvalue weighted by Crippen LogP contribution is -2.04. The molecule has 0 aliphatic heterocycles. The maximum Gasteiger partial charge on any atom is 0.416 e. The summed E-state index contributed by atoms with van der Waals surface area (Å²) in [6.45, 7) is 1.88. The zero-order chi connectivity index (χ0) is 15.0. The second-order valence-corrected chi connectivity index (χ2v) is 4.75. The molecule has 0 radical (unpaired) electrons. The fraction of sp³-hybridized carbons (Fsp3) is 0.133. The quantitative estimate of drug-likeness (QED) is 0.722. The van der Waals surface area contributed by atoms with Crippen LogP contribution in [0.3, 0.4) is 0 Å². The van der Waals surface area contributed by atoms with E-state index in [2.05, 4.69) is 15.3 Å². The minimum atomic E-state index is -4.32. The van der Waals surface area contributed by atoms with Crippen molar-refractivity contribution in [2.24, 2.45) is 0 Å². The molecule has 3 nitrogen and oxygen atoms in total. The lowest BCUT2D eigenvalue weighted by Gasteiger charge is -2.08. The topological polar surface area (TPSA) is 40.7 Å². The first-order valence-corrected chi connectivity index (χ1v) is 6.32. The van der Waals surface area contributed by atoms with Gasteiger partial charge >= 0.3 is 6.18 Å². The summed E-state index contributed by atoms with van der Waals surface area (Å²) in [4.78, 5) is 7.48. The van der Waals surface area contributed by atoms with Gasteiger partial charge in [0.1, 0.15) is 5.52 Å². The Labute approximate surface area is 118 Å². The Balaban J connectivity index is 1.90. The van der Waals surface area contributed by atoms with Crippen LogP contribution >= 0.6 is 0 Å². The number of aryl methyl sites for hydroxylation is 1. The van der Waals surface area contributed by atoms with Crippen LogP contribution in [0.15, 0.2) is 42.6 Å². The highest BCUT2D eigenvalue weighted by Crippen LogP contribution is 2.31. The van der Waals surface area contributed by atoms with Gasteiger partial charge in [-0.15, -0.1) is 0 Å². The third-order valence-electron chi connectivity index (χ3n) is 3.15. The Morgan fingerprint density at radius 2 is 1.76 bits per heavy atom. The molecule has 0 saturated heterocycles. The van der Waals surface area contributed by atoms with Crippen LogP contribution in [-0.4, -0.2) is 9.97 Å². The Bertz CT molecular complexity index is 773. The molecule has 0 bridgehead atoms. The van der Waals surface area contributed by atoms with E-state index in [1.54, 1.807) is 6.20 Å². The molecular weight excluding hydrogens is 279 g/mol. The fourth-order valence-electron chi connectivity index (χ4n) is 2.09. The first-order valence-electron chi connectivity index (χ1n) is 6.32. The first kappa shape index (κ1) is 13.5. The predicted octanol–water partition coefficient (Wildman–Crippen LogP) is 4.63. The molecule has 108 valence electrons. The van der Waals surface area contributed by atoms with Crippen LogP contribution in [0.25, 0.3) is 11.0 Å². The van der Waals surface area contributed by atoms with E-state index in [1.165, 1.54) is 12.1 Å². The van der Waals surface area contributed by atoms with E-state index in [-0.39, 0.29) is 0 Å². The maximum atomic E-state index is 12.5. The molecule has 0 atom stereocenters. The molecular formula is C15H12F3N3. The van der Waals surface area contributed by atoms with Gasteiger partial charge in [-0.25, -0.2) is 4.98 Å². The van der Waals surface area contributed by atoms with Gasteiger partial charge in [0.15, 0.2) is 0 Å². The molecule has 0 aliphatic carbocycles. The van der Waals surface area contributed by atoms with Crippen LogP contribution in [-0.2, 0) is 6.18 Å². The Morgan fingerprint density at radius 1 is 1.05 bits per heavy atom. The first-order chi connectivity index (χ1) is 9.93. The van der Waals surface area contributed by atoms with Gasteiger partial charge in [0.05, 0.1) is 16.8 Å². The maximum absolute atomic E-state index is 12.5. The fourth-order valence-corrected chi connectivity index (χ4v) is 2.09. The summed E-state index contributed by atoms with van der Waals surface area (Å²) < 4.78 is 37.5. The zero-order valence-corrected chi connectivity index (χ0v) is 11.1. The van der Waals surface area contributed by atoms with Crippen LogP contribution in [0.4, 0.5) is 24.5 Å². The van der Waals surface area contributed by atoms with E-state index in [9.17, 15) is 13.2 Å². The van der Waals surface area contributed by atoms with Gasteiger partial charge in [0.25, 0.3) is 0 Å². The SMILES string of the molecule is Cc1ccc2[nH]cc(Nc3ccc(C(F)(F)F)cc3)c2n1. The third-order valence-corrected chi connectivity index (χ3v) is 3.15. The van der Waals surface area contributed by atoms with Crippen LogP contribution in [0, 0.1) is 6.92 Å². The number of halogens is 3. The minimum absolute atomic E-state index is 0.576. The molecule has 2 heterocycles. The molecule has 6 heteroatoms. The number of benzene rings is 1. The normalized spacial score (nSPS) is 11.8. The van der Waals surface area contributed by atoms with Gasteiger partial charge in [-0.2, -0.15) is 13.2 Å². The monoisotopic (exact) mass is 291 g/mol. The van der Waals surface area contributed by atoms with Crippen molar-refractivity contribution in [1.29, 1.82) is 0 Å². The number of aromatic nitrogens is 2. The molecule has 3 aromatic rings. The number of alkyl halides is 3. The van der Waals surface area contributed by atoms with E-state index in [0.29, 0.717) is 5.69 Å². The summed E-state index contributed by atoms with van der Waals surface area (Å²) in [5.74, 6) is 0. The van der Waals surface area contributed by atoms with Gasteiger partial charge in [0, 0.05) is 17.6 Å². The third kappa shape index (κ3) is 2.69. The smallest absolute Gasteiger partial charge is 0.358 e. The summed E-state index contributed by atoms with van der Waals surface area (Å²) in [6.07, 6.45) is -2.58. The van der Waals surface area contributed by atoms with Crippen molar-refractivity contribution in [2.45, 2.75) is 13.1 Å². The van der Waals surface area contributed by atoms with E-state index in [4.69, 9.17) is 0 Å². The molecule has 2 N–H and O–H groups in total. The second kappa shape index (κ2) is 4.80. The van der Waals surface area contributed by atoms with Crippen molar-refractivity contribution < 1.29 is 13.2 Å². The number of H-pyrrole nitrogens is 1. The number of nitrogens with zero attached hydrogens (tertiary/aromatic N) is 1. The predicted molar refractivity (Wildman–Crippen MR) is 75.6 cm³/mol. The molecule has 0 spiro atoms. The van der Waals surface area contributed by atoms with Gasteiger partial charge < -0.3 is 10.3 Å². The number of pyridine rings is 1. The number of fused-ring (bicyclic) bond motifs is 1. The lowest BCUT2D eigenvalue weighted by molar-refractivity contribution is -0.137. The zero-order valence-electron chi connectivity index (χ0n) is 11.1. The number of rotatable bonds is 2. The lowest BCUT2D eigenvalue weighted by atomic mass is 10.2. The van der Waals surface area contributed by atoms with Crippen molar-refractivity contribution in [3.8, 4) is 0 Å². The highest BCUT2D eigenvalue weighted by molar-refractivity contribution is 5.90. The highest BCUT2D eigenvalue weighted by Gasteiger charge is 2.29. The Hall–Kier alpha value is -2.50. The van der Waals surface area contributed by atoms with E-state index < -0.39 is 11.7 Å². The van der Waals surface area contributed by atoms with Crippen molar-refractivity contribution in [3.05, 3.63) is 53.9 Å². The molecule has 0 amide bonds. The van der Waals surface area contributed by atoms with E-state index in [1.807, 2.05) is 19.1 Å². The largest absolute Gasteiger partial charge is 0.416 e. The van der Waals surface area contributed by atoms with Gasteiger partial charge in [-0.1, -0.05) is 0 Å². The van der Waals surface area contributed by atoms with Crippen molar-refractivity contribution in [1.82, 2.24) is 9.97 Å². The molecule has 0 unspecified atom stereocenters. The van der Waals surface area contributed by atoms with Crippen molar-refractivity contribution in [2.75, 3.05) is 5.32 Å². The molecule has 1 aromatic carbocycles. The summed E-state index contributed by atoms with van der Waals surface area (Å²) in [5.41, 5.74) is 3.14. The Morgan fingerprint density at radius 3 is 2.43 bits per heavy atom. The van der Waals surface area contributed by atoms with Crippen molar-refractivity contribution in [3.63, 3.8) is 0 Å². The Kier molecular flexibility index (Phi) is 3.08. The molecule has 0 fully saturated rings. The number of anilines is 2. The van der Waals surface area contributed by atoms with Gasteiger partial charge in [-0.05, 0) is 43.3 Å². The van der Waals surface area contributed by atoms with E-state index in [0.717, 1.165) is 34.5 Å². The van der Waals surface area contributed by atoms with Crippen LogP contribution < -0.4 is 5.32 Å². The summed E-state index contributed by atoms with van der Waals surface area (Å²) in [6, 6.07) is 8.71. The van der Waals surface area contributed by atoms with E-state index >= 15 is 0 Å². The average molecular weight is 291 g/mol. The molecule has 0 aliphatic rings. The number of nitrogens with one attached hydrogen (secondary N) is 2. The average Bonchev–Trinajstić information content (AvgIpc) is 2.81. The summed E-state index contributed by atoms with van der Waals surface area (Å²) in [5, 5.41) is 3.07. The van der Waals surface area contributed by atoms with Crippen molar-refractivity contribution >= 4 is 22.4 Å². The molecule has 21 heavy (non-hydrogen) atoms. The molecule has 3 rings (SSSR count). The minimum Gasteiger partial charge on any atom is -0.358 e. The number of hydrogen-bond acceptors (Lipinski definition) is 2. The van der Waals surface area contributed by atoms with Crippen LogP contribution in [0.5, 0.6) is 0 Å². The van der Waals surface area contributed by atoms with Crippen LogP contribution in [0.1, 0.15) is 11.3 Å². The summed E-state index contributed by atoms with van der Waals surface area (Å²) in [7, 11) is 0. The van der Waals surface area contributed by atoms with Gasteiger partial charge in [-0.3, -0.25) is 0 Å². The van der Waals surface area contributed by atoms with Gasteiger partial charge in [0.2, 0.25) is 0 Å². The standard InChI is InChI=1S/C15H12F3N3/c1-9-2-7-12-14(20-9)13(8-19-12)21-11-5-3-10(4-6-11)15(16,17)18/h2-8,19,21H,1H3. The highest BCUT2D eigenvalue weighted by atomic mass is 19.4. The number of aromatic amines is 1. The molecule has 2 aromatic heterocycles. The molecule has 0 saturated carbocycles. The second-order valence-electron chi connectivity index (χ2n) is 4.75. The van der Waals surface area contributed by atoms with Crippen LogP contribution in [0.2, 0.25) is 0 Å². The summed E-state index contributed by atoms with van der Waals surface area (Å²) >= 11 is 0. The number of hydrogen-bond donors (Lipinski definition) is 2.